The quantitative estimate of drug-likeness (QED) is 0.751. The molecule has 3 heterocycles. The Morgan fingerprint density at radius 3 is 2.55 bits per heavy atom. The van der Waals surface area contributed by atoms with Gasteiger partial charge < -0.3 is 14.4 Å². The van der Waals surface area contributed by atoms with E-state index in [4.69, 9.17) is 0 Å². The highest BCUT2D eigenvalue weighted by Crippen LogP contribution is 2.30. The molecule has 2 amide bonds. The highest BCUT2D eigenvalue weighted by Gasteiger charge is 2.33. The Morgan fingerprint density at radius 2 is 1.79 bits per heavy atom. The third-order valence-corrected chi connectivity index (χ3v) is 5.92. The van der Waals surface area contributed by atoms with E-state index in [1.54, 1.807) is 0 Å². The molecule has 4 rings (SSSR count). The van der Waals surface area contributed by atoms with Gasteiger partial charge >= 0.3 is 0 Å². The van der Waals surface area contributed by atoms with Gasteiger partial charge in [-0.3, -0.25) is 9.59 Å². The van der Waals surface area contributed by atoms with Gasteiger partial charge in [-0.25, -0.2) is 4.98 Å². The van der Waals surface area contributed by atoms with Crippen LogP contribution in [0.3, 0.4) is 0 Å². The topological polar surface area (TPSA) is 58.4 Å². The first-order valence-electron chi connectivity index (χ1n) is 10.9. The molecule has 2 aliphatic heterocycles. The average Bonchev–Trinajstić information content (AvgIpc) is 3.35. The van der Waals surface area contributed by atoms with Crippen LogP contribution in [0.15, 0.2) is 24.3 Å². The van der Waals surface area contributed by atoms with Crippen LogP contribution < -0.4 is 4.90 Å². The van der Waals surface area contributed by atoms with Crippen LogP contribution in [0.1, 0.15) is 71.9 Å². The Balaban J connectivity index is 1.70. The number of aromatic nitrogens is 2. The van der Waals surface area contributed by atoms with Gasteiger partial charge in [-0.15, -0.1) is 0 Å². The molecule has 0 saturated heterocycles. The first kappa shape index (κ1) is 19.7. The van der Waals surface area contributed by atoms with Crippen LogP contribution >= 0.6 is 0 Å². The van der Waals surface area contributed by atoms with Crippen molar-refractivity contribution in [3.8, 4) is 0 Å². The summed E-state index contributed by atoms with van der Waals surface area (Å²) in [6.45, 7) is 7.04. The molecular weight excluding hydrogens is 364 g/mol. The van der Waals surface area contributed by atoms with Crippen molar-refractivity contribution in [3.63, 3.8) is 0 Å². The van der Waals surface area contributed by atoms with Gasteiger partial charge in [0, 0.05) is 31.9 Å². The Morgan fingerprint density at radius 1 is 1.03 bits per heavy atom. The molecule has 6 nitrogen and oxygen atoms in total. The minimum Gasteiger partial charge on any atom is -0.337 e. The first-order chi connectivity index (χ1) is 14.2. The van der Waals surface area contributed by atoms with E-state index in [1.807, 2.05) is 32.6 Å². The number of hydrogen-bond acceptors (Lipinski definition) is 3. The van der Waals surface area contributed by atoms with Gasteiger partial charge in [-0.1, -0.05) is 32.0 Å². The van der Waals surface area contributed by atoms with E-state index in [-0.39, 0.29) is 11.8 Å². The molecule has 0 N–H and O–H groups in total. The third-order valence-electron chi connectivity index (χ3n) is 5.92. The normalized spacial score (nSPS) is 15.2. The molecule has 0 spiro atoms. The Hall–Kier alpha value is -2.63. The van der Waals surface area contributed by atoms with Gasteiger partial charge in [0.25, 0.3) is 11.8 Å². The summed E-state index contributed by atoms with van der Waals surface area (Å²) >= 11 is 0. The van der Waals surface area contributed by atoms with Crippen molar-refractivity contribution in [1.29, 1.82) is 0 Å². The predicted octanol–water partition coefficient (Wildman–Crippen LogP) is 3.68. The van der Waals surface area contributed by atoms with E-state index >= 15 is 0 Å². The summed E-state index contributed by atoms with van der Waals surface area (Å²) in [4.78, 5) is 35.1. The van der Waals surface area contributed by atoms with Gasteiger partial charge in [0.2, 0.25) is 5.82 Å². The number of benzene rings is 1. The molecule has 0 fully saturated rings. The molecule has 0 saturated carbocycles. The van der Waals surface area contributed by atoms with Crippen LogP contribution in [0.4, 0.5) is 5.69 Å². The number of carbonyl (C=O) groups excluding carboxylic acids is 2. The van der Waals surface area contributed by atoms with Crippen LogP contribution in [-0.4, -0.2) is 45.9 Å². The second-order valence-electron chi connectivity index (χ2n) is 7.97. The van der Waals surface area contributed by atoms with Gasteiger partial charge in [-0.05, 0) is 50.2 Å². The van der Waals surface area contributed by atoms with Gasteiger partial charge in [-0.2, -0.15) is 0 Å². The maximum Gasteiger partial charge on any atom is 0.294 e. The van der Waals surface area contributed by atoms with Crippen molar-refractivity contribution < 1.29 is 9.59 Å². The highest BCUT2D eigenvalue weighted by atomic mass is 16.2. The molecule has 0 radical (unpaired) electrons. The summed E-state index contributed by atoms with van der Waals surface area (Å²) in [6.07, 6.45) is 5.55. The summed E-state index contributed by atoms with van der Waals surface area (Å²) in [5.41, 5.74) is 3.59. The number of carbonyl (C=O) groups is 2. The lowest BCUT2D eigenvalue weighted by Gasteiger charge is -2.22. The molecule has 1 aromatic heterocycles. The van der Waals surface area contributed by atoms with Gasteiger partial charge in [0.1, 0.15) is 5.69 Å². The van der Waals surface area contributed by atoms with Crippen molar-refractivity contribution in [3.05, 3.63) is 47.0 Å². The smallest absolute Gasteiger partial charge is 0.294 e. The number of imidazole rings is 1. The van der Waals surface area contributed by atoms with E-state index in [2.05, 4.69) is 24.9 Å². The fourth-order valence-electron chi connectivity index (χ4n) is 4.55. The van der Waals surface area contributed by atoms with Crippen LogP contribution in [-0.2, 0) is 19.4 Å². The van der Waals surface area contributed by atoms with Gasteiger partial charge in [0.15, 0.2) is 0 Å². The second kappa shape index (κ2) is 8.39. The number of rotatable bonds is 6. The number of hydrogen-bond donors (Lipinski definition) is 0. The maximum absolute atomic E-state index is 13.5. The molecule has 0 bridgehead atoms. The molecule has 0 atom stereocenters. The Bertz CT molecular complexity index is 912. The van der Waals surface area contributed by atoms with E-state index in [0.29, 0.717) is 18.1 Å². The van der Waals surface area contributed by atoms with E-state index in [0.717, 1.165) is 69.5 Å². The SMILES string of the molecule is CCCN(CCC)C(=O)c1nc(C(=O)N2CCc3ccccc32)n2c1CCCC2. The molecule has 2 aromatic rings. The predicted molar refractivity (Wildman–Crippen MR) is 113 cm³/mol. The molecule has 6 heteroatoms. The van der Waals surface area contributed by atoms with Crippen molar-refractivity contribution >= 4 is 17.5 Å². The summed E-state index contributed by atoms with van der Waals surface area (Å²) < 4.78 is 2.01. The van der Waals surface area contributed by atoms with E-state index in [1.165, 1.54) is 5.56 Å². The standard InChI is InChI=1S/C23H30N4O2/c1-3-13-25(14-4-2)22(28)20-19-11-7-8-15-26(19)21(24-20)23(29)27-16-12-17-9-5-6-10-18(17)27/h5-6,9-10H,3-4,7-8,11-16H2,1-2H3. The molecular formula is C23H30N4O2. The van der Waals surface area contributed by atoms with Crippen molar-refractivity contribution in [2.24, 2.45) is 0 Å². The Labute approximate surface area is 172 Å². The molecule has 2 aliphatic rings. The molecule has 29 heavy (non-hydrogen) atoms. The van der Waals surface area contributed by atoms with E-state index in [9.17, 15) is 9.59 Å². The first-order valence-corrected chi connectivity index (χ1v) is 10.9. The summed E-state index contributed by atoms with van der Waals surface area (Å²) in [5.74, 6) is 0.308. The summed E-state index contributed by atoms with van der Waals surface area (Å²) in [6, 6.07) is 8.05. The molecule has 1 aromatic carbocycles. The molecule has 0 aliphatic carbocycles. The molecule has 154 valence electrons. The zero-order chi connectivity index (χ0) is 20.4. The highest BCUT2D eigenvalue weighted by molar-refractivity contribution is 6.06. The second-order valence-corrected chi connectivity index (χ2v) is 7.97. The Kier molecular flexibility index (Phi) is 5.69. The third kappa shape index (κ3) is 3.56. The number of fused-ring (bicyclic) bond motifs is 2. The van der Waals surface area contributed by atoms with Crippen LogP contribution in [0.2, 0.25) is 0 Å². The van der Waals surface area contributed by atoms with Gasteiger partial charge in [0.05, 0.1) is 5.69 Å². The zero-order valence-electron chi connectivity index (χ0n) is 17.5. The maximum atomic E-state index is 13.5. The zero-order valence-corrected chi connectivity index (χ0v) is 17.5. The van der Waals surface area contributed by atoms with Crippen LogP contribution in [0.5, 0.6) is 0 Å². The minimum atomic E-state index is -0.0883. The number of nitrogens with zero attached hydrogens (tertiary/aromatic N) is 4. The lowest BCUT2D eigenvalue weighted by molar-refractivity contribution is 0.0748. The lowest BCUT2D eigenvalue weighted by atomic mass is 10.1. The van der Waals surface area contributed by atoms with Crippen molar-refractivity contribution in [2.45, 2.75) is 58.9 Å². The fraction of sp³-hybridized carbons (Fsp3) is 0.522. The summed E-state index contributed by atoms with van der Waals surface area (Å²) in [5, 5.41) is 0. The largest absolute Gasteiger partial charge is 0.337 e. The summed E-state index contributed by atoms with van der Waals surface area (Å²) in [7, 11) is 0. The van der Waals surface area contributed by atoms with Crippen molar-refractivity contribution in [1.82, 2.24) is 14.5 Å². The van der Waals surface area contributed by atoms with Crippen LogP contribution in [0, 0.1) is 0 Å². The average molecular weight is 395 g/mol. The minimum absolute atomic E-state index is 0.0276. The van der Waals surface area contributed by atoms with Crippen LogP contribution in [0.25, 0.3) is 0 Å². The number of anilines is 1. The van der Waals surface area contributed by atoms with E-state index < -0.39 is 0 Å². The molecule has 0 unspecified atom stereocenters. The fourth-order valence-corrected chi connectivity index (χ4v) is 4.55. The number of amides is 2. The lowest BCUT2D eigenvalue weighted by Crippen LogP contribution is -2.33. The number of para-hydroxylation sites is 1. The van der Waals surface area contributed by atoms with Crippen molar-refractivity contribution in [2.75, 3.05) is 24.5 Å². The monoisotopic (exact) mass is 394 g/mol.